The van der Waals surface area contributed by atoms with Crippen molar-refractivity contribution in [2.45, 2.75) is 45.4 Å². The van der Waals surface area contributed by atoms with Crippen LogP contribution in [0.1, 0.15) is 45.4 Å². The molecular weight excluding hydrogens is 338 g/mol. The summed E-state index contributed by atoms with van der Waals surface area (Å²) in [6.45, 7) is 6.00. The topological polar surface area (TPSA) is 52.7 Å². The maximum Gasteiger partial charge on any atom is 0.227 e. The molecule has 27 heavy (non-hydrogen) atoms. The third kappa shape index (κ3) is 4.45. The van der Waals surface area contributed by atoms with Crippen molar-refractivity contribution in [2.24, 2.45) is 17.8 Å². The van der Waals surface area contributed by atoms with Gasteiger partial charge >= 0.3 is 0 Å². The standard InChI is InChI=1S/C22H31N3O2/c1-16-8-12-24(13-9-16)20-6-4-19(5-7-20)23-21(26)17-10-14-25(15-11-17)22(27)18-2-3-18/h4-7,16-18H,2-3,8-15H2,1H3,(H,23,26). The van der Waals surface area contributed by atoms with E-state index in [1.165, 1.54) is 18.5 Å². The Morgan fingerprint density at radius 1 is 0.852 bits per heavy atom. The largest absolute Gasteiger partial charge is 0.372 e. The van der Waals surface area contributed by atoms with Crippen LogP contribution in [0.25, 0.3) is 0 Å². The van der Waals surface area contributed by atoms with Crippen molar-refractivity contribution in [3.63, 3.8) is 0 Å². The van der Waals surface area contributed by atoms with Crippen molar-refractivity contribution in [3.05, 3.63) is 24.3 Å². The molecule has 5 nitrogen and oxygen atoms in total. The molecule has 1 saturated carbocycles. The minimum atomic E-state index is 0.0107. The van der Waals surface area contributed by atoms with Crippen LogP contribution in [0.2, 0.25) is 0 Å². The molecule has 0 bridgehead atoms. The molecule has 1 aliphatic carbocycles. The van der Waals surface area contributed by atoms with Gasteiger partial charge in [-0.15, -0.1) is 0 Å². The first-order chi connectivity index (χ1) is 13.1. The average Bonchev–Trinajstić information content (AvgIpc) is 3.54. The number of hydrogen-bond donors (Lipinski definition) is 1. The highest BCUT2D eigenvalue weighted by molar-refractivity contribution is 5.93. The zero-order valence-electron chi connectivity index (χ0n) is 16.3. The molecule has 2 aliphatic heterocycles. The fraction of sp³-hybridized carbons (Fsp3) is 0.636. The zero-order valence-corrected chi connectivity index (χ0v) is 16.3. The van der Waals surface area contributed by atoms with E-state index in [0.717, 1.165) is 63.5 Å². The molecule has 3 fully saturated rings. The number of anilines is 2. The minimum absolute atomic E-state index is 0.0107. The van der Waals surface area contributed by atoms with Crippen LogP contribution in [0.15, 0.2) is 24.3 Å². The summed E-state index contributed by atoms with van der Waals surface area (Å²) in [4.78, 5) is 29.1. The molecule has 2 saturated heterocycles. The van der Waals surface area contributed by atoms with Crippen molar-refractivity contribution < 1.29 is 9.59 Å². The number of benzene rings is 1. The van der Waals surface area contributed by atoms with E-state index >= 15 is 0 Å². The van der Waals surface area contributed by atoms with E-state index in [9.17, 15) is 9.59 Å². The van der Waals surface area contributed by atoms with Gasteiger partial charge in [0.15, 0.2) is 0 Å². The Hall–Kier alpha value is -2.04. The zero-order chi connectivity index (χ0) is 18.8. The molecule has 1 aromatic rings. The van der Waals surface area contributed by atoms with Crippen LogP contribution in [-0.4, -0.2) is 42.9 Å². The number of hydrogen-bond acceptors (Lipinski definition) is 3. The molecule has 0 spiro atoms. The van der Waals surface area contributed by atoms with Crippen LogP contribution < -0.4 is 10.2 Å². The molecule has 0 radical (unpaired) electrons. The Balaban J connectivity index is 1.26. The van der Waals surface area contributed by atoms with E-state index in [4.69, 9.17) is 0 Å². The first-order valence-corrected chi connectivity index (χ1v) is 10.5. The monoisotopic (exact) mass is 369 g/mol. The van der Waals surface area contributed by atoms with E-state index in [-0.39, 0.29) is 17.7 Å². The van der Waals surface area contributed by atoms with Crippen LogP contribution in [-0.2, 0) is 9.59 Å². The third-order valence-electron chi connectivity index (χ3n) is 6.39. The molecule has 4 rings (SSSR count). The van der Waals surface area contributed by atoms with Crippen LogP contribution in [0, 0.1) is 17.8 Å². The van der Waals surface area contributed by atoms with Gasteiger partial charge in [0.2, 0.25) is 11.8 Å². The summed E-state index contributed by atoms with van der Waals surface area (Å²) in [5.74, 6) is 1.50. The van der Waals surface area contributed by atoms with Crippen LogP contribution >= 0.6 is 0 Å². The van der Waals surface area contributed by atoms with Crippen molar-refractivity contribution in [1.82, 2.24) is 4.90 Å². The number of carbonyl (C=O) groups excluding carboxylic acids is 2. The van der Waals surface area contributed by atoms with Crippen molar-refractivity contribution in [2.75, 3.05) is 36.4 Å². The van der Waals surface area contributed by atoms with Gasteiger partial charge < -0.3 is 15.1 Å². The molecule has 2 amide bonds. The fourth-order valence-electron chi connectivity index (χ4n) is 4.22. The number of nitrogens with zero attached hydrogens (tertiary/aromatic N) is 2. The van der Waals surface area contributed by atoms with E-state index < -0.39 is 0 Å². The van der Waals surface area contributed by atoms with Crippen LogP contribution in [0.3, 0.4) is 0 Å². The summed E-state index contributed by atoms with van der Waals surface area (Å²) in [7, 11) is 0. The predicted molar refractivity (Wildman–Crippen MR) is 108 cm³/mol. The van der Waals surface area contributed by atoms with Gasteiger partial charge in [0.1, 0.15) is 0 Å². The highest BCUT2D eigenvalue weighted by atomic mass is 16.2. The number of piperidine rings is 2. The molecule has 0 atom stereocenters. The van der Waals surface area contributed by atoms with Gasteiger partial charge in [-0.3, -0.25) is 9.59 Å². The van der Waals surface area contributed by atoms with Gasteiger partial charge in [-0.05, 0) is 68.7 Å². The van der Waals surface area contributed by atoms with E-state index in [2.05, 4.69) is 29.3 Å². The summed E-state index contributed by atoms with van der Waals surface area (Å²) in [5.41, 5.74) is 2.11. The number of likely N-dealkylation sites (tertiary alicyclic amines) is 1. The third-order valence-corrected chi connectivity index (χ3v) is 6.39. The summed E-state index contributed by atoms with van der Waals surface area (Å²) in [6.07, 6.45) is 6.14. The SMILES string of the molecule is CC1CCN(c2ccc(NC(=O)C3CCN(C(=O)C4CC4)CC3)cc2)CC1. The molecule has 0 aromatic heterocycles. The normalized spacial score (nSPS) is 22.0. The quantitative estimate of drug-likeness (QED) is 0.884. The second-order valence-electron chi connectivity index (χ2n) is 8.58. The molecule has 2 heterocycles. The summed E-state index contributed by atoms with van der Waals surface area (Å²) >= 11 is 0. The highest BCUT2D eigenvalue weighted by Crippen LogP contribution is 2.32. The van der Waals surface area contributed by atoms with Crippen LogP contribution in [0.4, 0.5) is 11.4 Å². The lowest BCUT2D eigenvalue weighted by molar-refractivity contribution is -0.135. The van der Waals surface area contributed by atoms with Crippen molar-refractivity contribution in [3.8, 4) is 0 Å². The second-order valence-corrected chi connectivity index (χ2v) is 8.58. The van der Waals surface area contributed by atoms with Gasteiger partial charge in [-0.25, -0.2) is 0 Å². The lowest BCUT2D eigenvalue weighted by Crippen LogP contribution is -2.42. The maximum atomic E-state index is 12.6. The van der Waals surface area contributed by atoms with Gasteiger partial charge in [0.05, 0.1) is 0 Å². The average molecular weight is 370 g/mol. The molecular formula is C22H31N3O2. The Morgan fingerprint density at radius 3 is 2.07 bits per heavy atom. The summed E-state index contributed by atoms with van der Waals surface area (Å²) < 4.78 is 0. The number of nitrogens with one attached hydrogen (secondary N) is 1. The molecule has 3 aliphatic rings. The second kappa shape index (κ2) is 7.91. The Labute approximate surface area is 162 Å². The van der Waals surface area contributed by atoms with Crippen molar-refractivity contribution >= 4 is 23.2 Å². The van der Waals surface area contributed by atoms with E-state index in [1.807, 2.05) is 17.0 Å². The Bertz CT molecular complexity index is 667. The van der Waals surface area contributed by atoms with Crippen LogP contribution in [0.5, 0.6) is 0 Å². The first-order valence-electron chi connectivity index (χ1n) is 10.5. The van der Waals surface area contributed by atoms with Gasteiger partial charge in [-0.2, -0.15) is 0 Å². The number of amides is 2. The maximum absolute atomic E-state index is 12.6. The van der Waals surface area contributed by atoms with Gasteiger partial charge in [0.25, 0.3) is 0 Å². The van der Waals surface area contributed by atoms with E-state index in [1.54, 1.807) is 0 Å². The smallest absolute Gasteiger partial charge is 0.227 e. The predicted octanol–water partition coefficient (Wildman–Crippen LogP) is 3.51. The summed E-state index contributed by atoms with van der Waals surface area (Å²) in [6, 6.07) is 8.25. The lowest BCUT2D eigenvalue weighted by atomic mass is 9.95. The Kier molecular flexibility index (Phi) is 5.37. The Morgan fingerprint density at radius 2 is 1.48 bits per heavy atom. The molecule has 0 unspecified atom stereocenters. The number of carbonyl (C=O) groups is 2. The molecule has 1 N–H and O–H groups in total. The lowest BCUT2D eigenvalue weighted by Gasteiger charge is -2.32. The summed E-state index contributed by atoms with van der Waals surface area (Å²) in [5, 5.41) is 3.07. The molecule has 5 heteroatoms. The minimum Gasteiger partial charge on any atom is -0.372 e. The van der Waals surface area contributed by atoms with Crippen molar-refractivity contribution in [1.29, 1.82) is 0 Å². The molecule has 1 aromatic carbocycles. The highest BCUT2D eigenvalue weighted by Gasteiger charge is 2.35. The van der Waals surface area contributed by atoms with Gasteiger partial charge in [-0.1, -0.05) is 6.92 Å². The molecule has 146 valence electrons. The number of rotatable bonds is 4. The fourth-order valence-corrected chi connectivity index (χ4v) is 4.22. The van der Waals surface area contributed by atoms with Gasteiger partial charge in [0, 0.05) is 49.4 Å². The van der Waals surface area contributed by atoms with E-state index in [0.29, 0.717) is 5.91 Å². The first kappa shape index (κ1) is 18.3.